The average Bonchev–Trinajstić information content (AvgIpc) is 2.97. The Hall–Kier alpha value is -1.68. The van der Waals surface area contributed by atoms with E-state index in [1.807, 2.05) is 24.3 Å². The van der Waals surface area contributed by atoms with Gasteiger partial charge in [-0.15, -0.1) is 0 Å². The molecule has 1 aliphatic heterocycles. The van der Waals surface area contributed by atoms with Gasteiger partial charge < -0.3 is 20.1 Å². The molecule has 0 unspecified atom stereocenters. The van der Waals surface area contributed by atoms with Gasteiger partial charge in [-0.1, -0.05) is 18.2 Å². The van der Waals surface area contributed by atoms with E-state index < -0.39 is 30.1 Å². The fraction of sp³-hybridized carbons (Fsp3) is 0.471. The van der Waals surface area contributed by atoms with Crippen LogP contribution in [0.3, 0.4) is 0 Å². The smallest absolute Gasteiger partial charge is 0.328 e. The fourth-order valence-electron chi connectivity index (χ4n) is 2.90. The summed E-state index contributed by atoms with van der Waals surface area (Å²) >= 11 is 2.16. The fourth-order valence-corrected chi connectivity index (χ4v) is 3.51. The first-order valence-corrected chi connectivity index (χ1v) is 8.98. The molecule has 0 aromatic heterocycles. The van der Waals surface area contributed by atoms with Crippen molar-refractivity contribution < 1.29 is 24.2 Å². The van der Waals surface area contributed by atoms with E-state index in [2.05, 4.69) is 27.9 Å². The third kappa shape index (κ3) is 4.91. The van der Waals surface area contributed by atoms with Crippen molar-refractivity contribution in [3.05, 3.63) is 33.4 Å². The zero-order valence-electron chi connectivity index (χ0n) is 14.1. The molecule has 1 aromatic carbocycles. The van der Waals surface area contributed by atoms with Gasteiger partial charge in [-0.2, -0.15) is 0 Å². The maximum Gasteiger partial charge on any atom is 0.328 e. The molecule has 2 N–H and O–H groups in total. The number of rotatable bonds is 5. The molecule has 7 nitrogen and oxygen atoms in total. The van der Waals surface area contributed by atoms with Gasteiger partial charge in [-0.3, -0.25) is 9.59 Å². The summed E-state index contributed by atoms with van der Waals surface area (Å²) in [5, 5.41) is 12.4. The number of nitrogens with zero attached hydrogens (tertiary/aromatic N) is 1. The van der Waals surface area contributed by atoms with E-state index in [-0.39, 0.29) is 25.3 Å². The summed E-state index contributed by atoms with van der Waals surface area (Å²) in [6.07, 6.45) is -0.305. The first-order valence-electron chi connectivity index (χ1n) is 7.90. The highest BCUT2D eigenvalue weighted by molar-refractivity contribution is 14.1. The summed E-state index contributed by atoms with van der Waals surface area (Å²) in [7, 11) is 1.26. The number of aliphatic hydroxyl groups is 1. The van der Waals surface area contributed by atoms with Crippen molar-refractivity contribution in [1.29, 1.82) is 0 Å². The molecular formula is C17H21IN2O5. The van der Waals surface area contributed by atoms with Gasteiger partial charge in [0.2, 0.25) is 11.8 Å². The van der Waals surface area contributed by atoms with E-state index in [0.717, 1.165) is 9.13 Å². The minimum atomic E-state index is -0.861. The van der Waals surface area contributed by atoms with Crippen LogP contribution in [0.2, 0.25) is 0 Å². The number of halogens is 1. The number of carbonyl (C=O) groups is 3. The Bertz CT molecular complexity index is 666. The van der Waals surface area contributed by atoms with Crippen LogP contribution in [0, 0.1) is 3.57 Å². The number of hydrogen-bond donors (Lipinski definition) is 2. The molecule has 1 heterocycles. The number of aliphatic hydroxyl groups excluding tert-OH is 1. The molecule has 1 aromatic rings. The molecule has 25 heavy (non-hydrogen) atoms. The molecule has 136 valence electrons. The van der Waals surface area contributed by atoms with Gasteiger partial charge in [0.25, 0.3) is 0 Å². The lowest BCUT2D eigenvalue weighted by Gasteiger charge is -2.24. The molecule has 2 rings (SSSR count). The quantitative estimate of drug-likeness (QED) is 0.492. The van der Waals surface area contributed by atoms with Crippen LogP contribution in [0.25, 0.3) is 0 Å². The van der Waals surface area contributed by atoms with Gasteiger partial charge in [0.1, 0.15) is 12.1 Å². The molecule has 0 aliphatic carbocycles. The highest BCUT2D eigenvalue weighted by Gasteiger charge is 2.39. The predicted octanol–water partition coefficient (Wildman–Crippen LogP) is 0.473. The van der Waals surface area contributed by atoms with E-state index in [4.69, 9.17) is 4.74 Å². The molecule has 8 heteroatoms. The minimum Gasteiger partial charge on any atom is -0.467 e. The summed E-state index contributed by atoms with van der Waals surface area (Å²) in [5.41, 5.74) is 0.911. The van der Waals surface area contributed by atoms with Crippen molar-refractivity contribution in [1.82, 2.24) is 10.2 Å². The zero-order chi connectivity index (χ0) is 18.6. The number of nitrogens with one attached hydrogen (secondary N) is 1. The average molecular weight is 460 g/mol. The van der Waals surface area contributed by atoms with Crippen molar-refractivity contribution >= 4 is 40.4 Å². The number of carbonyl (C=O) groups excluding carboxylic acids is 3. The van der Waals surface area contributed by atoms with Crippen LogP contribution < -0.4 is 5.32 Å². The number of methoxy groups -OCH3 is 1. The molecule has 1 fully saturated rings. The molecule has 2 amide bonds. The minimum absolute atomic E-state index is 0.118. The Kier molecular flexibility index (Phi) is 6.77. The van der Waals surface area contributed by atoms with Crippen molar-refractivity contribution in [2.45, 2.75) is 38.0 Å². The van der Waals surface area contributed by atoms with Crippen molar-refractivity contribution in [3.63, 3.8) is 0 Å². The van der Waals surface area contributed by atoms with E-state index in [1.54, 1.807) is 0 Å². The first kappa shape index (κ1) is 19.6. The summed E-state index contributed by atoms with van der Waals surface area (Å²) in [5.74, 6) is -1.31. The number of ether oxygens (including phenoxy) is 1. The van der Waals surface area contributed by atoms with Crippen molar-refractivity contribution in [2.75, 3.05) is 13.7 Å². The first-order chi connectivity index (χ1) is 11.8. The summed E-state index contributed by atoms with van der Waals surface area (Å²) in [6.45, 7) is 1.47. The van der Waals surface area contributed by atoms with Crippen LogP contribution in [0.5, 0.6) is 0 Å². The Labute approximate surface area is 159 Å². The zero-order valence-corrected chi connectivity index (χ0v) is 16.2. The standard InChI is InChI=1S/C17H21IN2O5/c1-10(21)20-9-12(22)8-15(20)16(23)19-14(17(24)25-2)7-11-5-3-4-6-13(11)18/h3-6,12,14-15,22H,7-9H2,1-2H3,(H,19,23)/t12-,14+,15+/m1/s1. The molecule has 1 saturated heterocycles. The SMILES string of the molecule is COC(=O)[C@H](Cc1ccccc1I)NC(=O)[C@@H]1C[C@@H](O)CN1C(C)=O. The molecule has 0 bridgehead atoms. The highest BCUT2D eigenvalue weighted by atomic mass is 127. The molecule has 3 atom stereocenters. The normalized spacial score (nSPS) is 20.9. The Morgan fingerprint density at radius 3 is 2.68 bits per heavy atom. The van der Waals surface area contributed by atoms with Gasteiger partial charge in [0, 0.05) is 29.9 Å². The van der Waals surface area contributed by atoms with Gasteiger partial charge in [-0.05, 0) is 34.2 Å². The maximum absolute atomic E-state index is 12.6. The van der Waals surface area contributed by atoms with Crippen molar-refractivity contribution in [3.8, 4) is 0 Å². The maximum atomic E-state index is 12.6. The monoisotopic (exact) mass is 460 g/mol. The van der Waals surface area contributed by atoms with Gasteiger partial charge in [0.05, 0.1) is 13.2 Å². The predicted molar refractivity (Wildman–Crippen MR) is 98.6 cm³/mol. The largest absolute Gasteiger partial charge is 0.467 e. The molecule has 1 aliphatic rings. The lowest BCUT2D eigenvalue weighted by Crippen LogP contribution is -2.51. The lowest BCUT2D eigenvalue weighted by molar-refractivity contribution is -0.146. The number of hydrogen-bond acceptors (Lipinski definition) is 5. The second kappa shape index (κ2) is 8.61. The molecule has 0 radical (unpaired) electrons. The second-order valence-corrected chi connectivity index (χ2v) is 7.12. The van der Waals surface area contributed by atoms with Crippen LogP contribution >= 0.6 is 22.6 Å². The third-order valence-corrected chi connectivity index (χ3v) is 5.22. The van der Waals surface area contributed by atoms with Crippen molar-refractivity contribution in [2.24, 2.45) is 0 Å². The molecule has 0 spiro atoms. The summed E-state index contributed by atoms with van der Waals surface area (Å²) in [4.78, 5) is 37.7. The Balaban J connectivity index is 2.14. The third-order valence-electron chi connectivity index (χ3n) is 4.17. The van der Waals surface area contributed by atoms with Gasteiger partial charge in [-0.25, -0.2) is 4.79 Å². The Morgan fingerprint density at radius 2 is 2.08 bits per heavy atom. The highest BCUT2D eigenvalue weighted by Crippen LogP contribution is 2.19. The van der Waals surface area contributed by atoms with Crippen LogP contribution in [-0.2, 0) is 25.5 Å². The van der Waals surface area contributed by atoms with Crippen LogP contribution in [0.4, 0.5) is 0 Å². The summed E-state index contributed by atoms with van der Waals surface area (Å²) in [6, 6.07) is 5.90. The Morgan fingerprint density at radius 1 is 1.40 bits per heavy atom. The van der Waals surface area contributed by atoms with E-state index in [1.165, 1.54) is 18.9 Å². The number of benzene rings is 1. The summed E-state index contributed by atoms with van der Waals surface area (Å²) < 4.78 is 5.77. The van der Waals surface area contributed by atoms with Crippen LogP contribution in [0.1, 0.15) is 18.9 Å². The van der Waals surface area contributed by atoms with E-state index in [0.29, 0.717) is 0 Å². The van der Waals surface area contributed by atoms with Crippen LogP contribution in [0.15, 0.2) is 24.3 Å². The number of β-amino-alcohol motifs (C(OH)–C–C–N with tert-alkyl or cyclic N) is 1. The lowest BCUT2D eigenvalue weighted by atomic mass is 10.0. The van der Waals surface area contributed by atoms with Crippen LogP contribution in [-0.4, -0.2) is 59.6 Å². The number of amides is 2. The number of esters is 1. The topological polar surface area (TPSA) is 95.9 Å². The number of likely N-dealkylation sites (tertiary alicyclic amines) is 1. The van der Waals surface area contributed by atoms with Gasteiger partial charge >= 0.3 is 5.97 Å². The van der Waals surface area contributed by atoms with E-state index >= 15 is 0 Å². The van der Waals surface area contributed by atoms with E-state index in [9.17, 15) is 19.5 Å². The molecular weight excluding hydrogens is 439 g/mol. The molecule has 0 saturated carbocycles. The second-order valence-electron chi connectivity index (χ2n) is 5.96. The van der Waals surface area contributed by atoms with Gasteiger partial charge in [0.15, 0.2) is 0 Å².